The summed E-state index contributed by atoms with van der Waals surface area (Å²) in [7, 11) is 0. The highest BCUT2D eigenvalue weighted by atomic mass is 15.0. The molecule has 44 heavy (non-hydrogen) atoms. The molecular weight excluding hydrogens is 532 g/mol. The van der Waals surface area contributed by atoms with E-state index in [-0.39, 0.29) is 0 Å². The lowest BCUT2D eigenvalue weighted by Crippen LogP contribution is -1.97. The third kappa shape index (κ3) is 3.68. The largest absolute Gasteiger partial charge is 0.309 e. The van der Waals surface area contributed by atoms with E-state index in [1.165, 1.54) is 65.9 Å². The zero-order valence-corrected chi connectivity index (χ0v) is 24.1. The average Bonchev–Trinajstić information content (AvgIpc) is 3.62. The Morgan fingerprint density at radius 2 is 0.841 bits per heavy atom. The fourth-order valence-electron chi connectivity index (χ4n) is 7.03. The Labute approximate surface area is 255 Å². The van der Waals surface area contributed by atoms with Gasteiger partial charge in [0.15, 0.2) is 0 Å². The van der Waals surface area contributed by atoms with Gasteiger partial charge in [-0.15, -0.1) is 0 Å². The van der Waals surface area contributed by atoms with Gasteiger partial charge in [0.25, 0.3) is 0 Å². The van der Waals surface area contributed by atoms with Crippen molar-refractivity contribution in [3.8, 4) is 33.6 Å². The van der Waals surface area contributed by atoms with Crippen molar-refractivity contribution in [1.82, 2.24) is 9.13 Å². The molecule has 0 bridgehead atoms. The maximum atomic E-state index is 2.46. The monoisotopic (exact) mass is 560 g/mol. The van der Waals surface area contributed by atoms with Gasteiger partial charge >= 0.3 is 0 Å². The minimum Gasteiger partial charge on any atom is -0.309 e. The molecule has 2 heteroatoms. The lowest BCUT2D eigenvalue weighted by Gasteiger charge is -2.14. The Balaban J connectivity index is 1.50. The molecule has 206 valence electrons. The maximum absolute atomic E-state index is 2.46. The second-order valence-electron chi connectivity index (χ2n) is 11.4. The molecule has 0 aliphatic heterocycles. The van der Waals surface area contributed by atoms with Crippen molar-refractivity contribution in [3.05, 3.63) is 170 Å². The highest BCUT2D eigenvalue weighted by Gasteiger charge is 2.23. The van der Waals surface area contributed by atoms with E-state index in [9.17, 15) is 0 Å². The highest BCUT2D eigenvalue weighted by Crippen LogP contribution is 2.46. The summed E-state index contributed by atoms with van der Waals surface area (Å²) in [5, 5.41) is 5.09. The smallest absolute Gasteiger partial charge is 0.0627 e. The molecule has 9 rings (SSSR count). The van der Waals surface area contributed by atoms with Gasteiger partial charge in [0.05, 0.1) is 22.1 Å². The van der Waals surface area contributed by atoms with Gasteiger partial charge in [-0.3, -0.25) is 0 Å². The fraction of sp³-hybridized carbons (Fsp3) is 0. The third-order valence-electron chi connectivity index (χ3n) is 8.88. The molecule has 0 unspecified atom stereocenters. The lowest BCUT2D eigenvalue weighted by atomic mass is 9.97. The summed E-state index contributed by atoms with van der Waals surface area (Å²) in [6.45, 7) is 0. The van der Waals surface area contributed by atoms with Gasteiger partial charge < -0.3 is 9.13 Å². The summed E-state index contributed by atoms with van der Waals surface area (Å²) in [5.41, 5.74) is 12.0. The van der Waals surface area contributed by atoms with Crippen LogP contribution in [0.3, 0.4) is 0 Å². The summed E-state index contributed by atoms with van der Waals surface area (Å²) < 4.78 is 4.91. The predicted octanol–water partition coefficient (Wildman–Crippen LogP) is 11.2. The van der Waals surface area contributed by atoms with Gasteiger partial charge in [0.2, 0.25) is 0 Å². The summed E-state index contributed by atoms with van der Waals surface area (Å²) >= 11 is 0. The molecule has 0 radical (unpaired) electrons. The number of benzene rings is 7. The predicted molar refractivity (Wildman–Crippen MR) is 186 cm³/mol. The van der Waals surface area contributed by atoms with Crippen molar-refractivity contribution in [2.45, 2.75) is 0 Å². The number of aromatic nitrogens is 2. The van der Waals surface area contributed by atoms with Gasteiger partial charge in [-0.05, 0) is 59.2 Å². The fourth-order valence-corrected chi connectivity index (χ4v) is 7.03. The van der Waals surface area contributed by atoms with E-state index >= 15 is 0 Å². The second kappa shape index (κ2) is 9.86. The van der Waals surface area contributed by atoms with Gasteiger partial charge in [-0.1, -0.05) is 127 Å². The van der Waals surface area contributed by atoms with Crippen molar-refractivity contribution < 1.29 is 0 Å². The Kier molecular flexibility index (Phi) is 5.54. The minimum absolute atomic E-state index is 1.16. The first-order valence-electron chi connectivity index (χ1n) is 15.1. The van der Waals surface area contributed by atoms with E-state index in [0.717, 1.165) is 11.4 Å². The van der Waals surface area contributed by atoms with E-state index in [4.69, 9.17) is 0 Å². The van der Waals surface area contributed by atoms with E-state index in [2.05, 4.69) is 179 Å². The maximum Gasteiger partial charge on any atom is 0.0627 e. The third-order valence-corrected chi connectivity index (χ3v) is 8.88. The molecule has 0 saturated heterocycles. The van der Waals surface area contributed by atoms with E-state index < -0.39 is 0 Å². The number of rotatable bonds is 4. The van der Waals surface area contributed by atoms with Crippen LogP contribution in [-0.2, 0) is 0 Å². The Morgan fingerprint density at radius 3 is 1.55 bits per heavy atom. The van der Waals surface area contributed by atoms with E-state index in [0.29, 0.717) is 0 Å². The summed E-state index contributed by atoms with van der Waals surface area (Å²) in [6.07, 6.45) is 0. The van der Waals surface area contributed by atoms with Crippen LogP contribution in [0.15, 0.2) is 170 Å². The summed E-state index contributed by atoms with van der Waals surface area (Å²) in [6, 6.07) is 61.3. The molecule has 2 nitrogen and oxygen atoms in total. The SMILES string of the molecule is c1ccc(-c2cccc(-n3c4ccccc4c4c5c6ccccc6n(-c6ccccc6)c5c(-c5ccccc5)cc43)c2)cc1. The molecule has 7 aromatic carbocycles. The van der Waals surface area contributed by atoms with Crippen LogP contribution in [0.25, 0.3) is 77.2 Å². The standard InChI is InChI=1S/C42H28N2/c1-4-15-29(16-5-1)31-19-14-22-33(27-31)43-37-25-12-10-23-34(37)40-39(43)28-36(30-17-6-2-7-18-30)42-41(40)35-24-11-13-26-38(35)44(42)32-20-8-3-9-21-32/h1-28H. The van der Waals surface area contributed by atoms with Crippen molar-refractivity contribution in [2.75, 3.05) is 0 Å². The second-order valence-corrected chi connectivity index (χ2v) is 11.4. The number of nitrogens with zero attached hydrogens (tertiary/aromatic N) is 2. The number of hydrogen-bond acceptors (Lipinski definition) is 0. The molecule has 0 aliphatic rings. The average molecular weight is 561 g/mol. The van der Waals surface area contributed by atoms with Crippen LogP contribution in [-0.4, -0.2) is 9.13 Å². The first-order valence-corrected chi connectivity index (χ1v) is 15.1. The van der Waals surface area contributed by atoms with Crippen LogP contribution in [0.2, 0.25) is 0 Å². The molecule has 0 saturated carbocycles. The van der Waals surface area contributed by atoms with Crippen molar-refractivity contribution in [1.29, 1.82) is 0 Å². The topological polar surface area (TPSA) is 9.86 Å². The zero-order chi connectivity index (χ0) is 29.0. The molecular formula is C42H28N2. The van der Waals surface area contributed by atoms with Crippen LogP contribution in [0, 0.1) is 0 Å². The molecule has 0 atom stereocenters. The van der Waals surface area contributed by atoms with Crippen LogP contribution in [0.1, 0.15) is 0 Å². The molecule has 0 spiro atoms. The zero-order valence-electron chi connectivity index (χ0n) is 24.1. The molecule has 2 aromatic heterocycles. The van der Waals surface area contributed by atoms with Crippen LogP contribution >= 0.6 is 0 Å². The van der Waals surface area contributed by atoms with Gasteiger partial charge in [-0.25, -0.2) is 0 Å². The number of fused-ring (bicyclic) bond motifs is 7. The summed E-state index contributed by atoms with van der Waals surface area (Å²) in [4.78, 5) is 0. The Bertz CT molecular complexity index is 2470. The lowest BCUT2D eigenvalue weighted by molar-refractivity contribution is 1.17. The quantitative estimate of drug-likeness (QED) is 0.203. The molecule has 2 heterocycles. The normalized spacial score (nSPS) is 11.6. The van der Waals surface area contributed by atoms with Crippen molar-refractivity contribution in [2.24, 2.45) is 0 Å². The summed E-state index contributed by atoms with van der Waals surface area (Å²) in [5.74, 6) is 0. The number of hydrogen-bond donors (Lipinski definition) is 0. The van der Waals surface area contributed by atoms with Gasteiger partial charge in [0.1, 0.15) is 0 Å². The molecule has 0 aliphatic carbocycles. The van der Waals surface area contributed by atoms with Gasteiger partial charge in [-0.2, -0.15) is 0 Å². The van der Waals surface area contributed by atoms with Crippen molar-refractivity contribution >= 4 is 43.6 Å². The molecule has 0 fully saturated rings. The van der Waals surface area contributed by atoms with E-state index in [1.807, 2.05) is 0 Å². The van der Waals surface area contributed by atoms with Crippen LogP contribution < -0.4 is 0 Å². The molecule has 9 aromatic rings. The molecule has 0 N–H and O–H groups in total. The van der Waals surface area contributed by atoms with Gasteiger partial charge in [0, 0.05) is 38.5 Å². The molecule has 0 amide bonds. The Hall–Kier alpha value is -5.86. The minimum atomic E-state index is 1.16. The van der Waals surface area contributed by atoms with Crippen LogP contribution in [0.4, 0.5) is 0 Å². The Morgan fingerprint density at radius 1 is 0.318 bits per heavy atom. The first-order chi connectivity index (χ1) is 21.9. The highest BCUT2D eigenvalue weighted by molar-refractivity contribution is 6.31. The number of para-hydroxylation sites is 3. The van der Waals surface area contributed by atoms with E-state index in [1.54, 1.807) is 0 Å². The van der Waals surface area contributed by atoms with Crippen LogP contribution in [0.5, 0.6) is 0 Å². The first kappa shape index (κ1) is 24.7. The van der Waals surface area contributed by atoms with Crippen molar-refractivity contribution in [3.63, 3.8) is 0 Å².